The van der Waals surface area contributed by atoms with Gasteiger partial charge >= 0.3 is 5.69 Å². The minimum atomic E-state index is -0.418. The number of piperazine rings is 1. The summed E-state index contributed by atoms with van der Waals surface area (Å²) >= 11 is 0. The molecule has 3 heterocycles. The van der Waals surface area contributed by atoms with Gasteiger partial charge in [0.05, 0.1) is 33.0 Å². The Kier molecular flexibility index (Phi) is 7.84. The molecule has 0 spiro atoms. The molecule has 0 aliphatic carbocycles. The molecule has 0 bridgehead atoms. The molecule has 2 aromatic carbocycles. The molecule has 1 aliphatic rings. The van der Waals surface area contributed by atoms with Gasteiger partial charge in [-0.3, -0.25) is 28.2 Å². The van der Waals surface area contributed by atoms with Crippen LogP contribution >= 0.6 is 0 Å². The van der Waals surface area contributed by atoms with Crippen molar-refractivity contribution < 1.29 is 14.3 Å². The lowest BCUT2D eigenvalue weighted by Crippen LogP contribution is -2.49. The Hall–Kier alpha value is -4.58. The molecule has 1 fully saturated rings. The molecule has 1 amide bonds. The summed E-state index contributed by atoms with van der Waals surface area (Å²) in [5, 5.41) is 2.92. The lowest BCUT2D eigenvalue weighted by Gasteiger charge is -2.35. The van der Waals surface area contributed by atoms with E-state index in [1.807, 2.05) is 29.7 Å². The minimum Gasteiger partial charge on any atom is -0.497 e. The molecule has 1 N–H and O–H groups in total. The number of amides is 1. The number of methoxy groups -OCH3 is 2. The van der Waals surface area contributed by atoms with Crippen LogP contribution in [0.25, 0.3) is 11.2 Å². The highest BCUT2D eigenvalue weighted by molar-refractivity contribution is 5.93. The summed E-state index contributed by atoms with van der Waals surface area (Å²) in [6.45, 7) is 5.13. The molecule has 5 rings (SSSR count). The Labute approximate surface area is 237 Å². The fourth-order valence-corrected chi connectivity index (χ4v) is 5.22. The fourth-order valence-electron chi connectivity index (χ4n) is 5.22. The number of anilines is 2. The van der Waals surface area contributed by atoms with E-state index in [-0.39, 0.29) is 18.0 Å². The van der Waals surface area contributed by atoms with E-state index in [1.54, 1.807) is 39.5 Å². The standard InChI is InChI=1S/C29H35N7O5/c1-19-7-6-8-20(15-19)17-36-25-26(32(2)29(39)33(3)27(25)38)31-28(36)35-13-11-34(12-14-35)18-24(37)30-22-10-9-21(40-4)16-23(22)41-5/h6-10,15-16H,11-14,17-18H2,1-5H3,(H,30,37). The molecule has 0 unspecified atom stereocenters. The summed E-state index contributed by atoms with van der Waals surface area (Å²) in [5.74, 6) is 1.65. The van der Waals surface area contributed by atoms with Crippen LogP contribution in [-0.4, -0.2) is 76.4 Å². The van der Waals surface area contributed by atoms with Crippen molar-refractivity contribution in [1.29, 1.82) is 0 Å². The maximum Gasteiger partial charge on any atom is 0.332 e. The third-order valence-electron chi connectivity index (χ3n) is 7.46. The van der Waals surface area contributed by atoms with Crippen LogP contribution in [-0.2, 0) is 25.4 Å². The van der Waals surface area contributed by atoms with Crippen LogP contribution in [0.3, 0.4) is 0 Å². The van der Waals surface area contributed by atoms with Crippen molar-refractivity contribution in [2.75, 3.05) is 57.2 Å². The van der Waals surface area contributed by atoms with E-state index in [2.05, 4.69) is 21.2 Å². The quantitative estimate of drug-likeness (QED) is 0.345. The van der Waals surface area contributed by atoms with Gasteiger partial charge in [-0.15, -0.1) is 0 Å². The normalized spacial score (nSPS) is 13.9. The topological polar surface area (TPSA) is 116 Å². The van der Waals surface area contributed by atoms with Gasteiger partial charge in [0.2, 0.25) is 11.9 Å². The van der Waals surface area contributed by atoms with Gasteiger partial charge in [0.1, 0.15) is 11.5 Å². The lowest BCUT2D eigenvalue weighted by molar-refractivity contribution is -0.117. The number of nitrogens with one attached hydrogen (secondary N) is 1. The van der Waals surface area contributed by atoms with Gasteiger partial charge in [-0.25, -0.2) is 4.79 Å². The number of carbonyl (C=O) groups is 1. The van der Waals surface area contributed by atoms with Crippen molar-refractivity contribution in [3.63, 3.8) is 0 Å². The van der Waals surface area contributed by atoms with Gasteiger partial charge in [-0.05, 0) is 24.6 Å². The van der Waals surface area contributed by atoms with Gasteiger partial charge in [-0.1, -0.05) is 29.8 Å². The number of hydrogen-bond acceptors (Lipinski definition) is 8. The second-order valence-electron chi connectivity index (χ2n) is 10.2. The summed E-state index contributed by atoms with van der Waals surface area (Å²) in [6.07, 6.45) is 0. The highest BCUT2D eigenvalue weighted by atomic mass is 16.5. The molecule has 4 aromatic rings. The number of imidazole rings is 1. The Balaban J connectivity index is 1.36. The first kappa shape index (κ1) is 28.0. The van der Waals surface area contributed by atoms with E-state index >= 15 is 0 Å². The summed E-state index contributed by atoms with van der Waals surface area (Å²) < 4.78 is 15.1. The first-order valence-corrected chi connectivity index (χ1v) is 13.4. The maximum absolute atomic E-state index is 13.3. The zero-order valence-corrected chi connectivity index (χ0v) is 24.0. The van der Waals surface area contributed by atoms with E-state index in [9.17, 15) is 14.4 Å². The summed E-state index contributed by atoms with van der Waals surface area (Å²) in [6, 6.07) is 13.4. The number of rotatable bonds is 8. The number of aromatic nitrogens is 4. The van der Waals surface area contributed by atoms with Gasteiger partial charge in [0.15, 0.2) is 11.2 Å². The molecule has 12 nitrogen and oxygen atoms in total. The molecule has 2 aromatic heterocycles. The van der Waals surface area contributed by atoms with Crippen molar-refractivity contribution in [2.45, 2.75) is 13.5 Å². The van der Waals surface area contributed by atoms with E-state index in [0.29, 0.717) is 67.0 Å². The average molecular weight is 562 g/mol. The van der Waals surface area contributed by atoms with Gasteiger partial charge < -0.3 is 19.7 Å². The number of hydrogen-bond donors (Lipinski definition) is 1. The molecule has 0 saturated carbocycles. The molecular formula is C29H35N7O5. The summed E-state index contributed by atoms with van der Waals surface area (Å²) in [5.41, 5.74) is 2.68. The van der Waals surface area contributed by atoms with Crippen LogP contribution in [0.15, 0.2) is 52.1 Å². The Bertz CT molecular complexity index is 1710. The van der Waals surface area contributed by atoms with Crippen LogP contribution in [0.4, 0.5) is 11.6 Å². The number of ether oxygens (including phenoxy) is 2. The van der Waals surface area contributed by atoms with E-state index in [4.69, 9.17) is 14.5 Å². The maximum atomic E-state index is 13.3. The molecule has 41 heavy (non-hydrogen) atoms. The first-order valence-electron chi connectivity index (χ1n) is 13.4. The molecular weight excluding hydrogens is 526 g/mol. The van der Waals surface area contributed by atoms with Crippen LogP contribution in [0.1, 0.15) is 11.1 Å². The predicted octanol–water partition coefficient (Wildman–Crippen LogP) is 1.57. The van der Waals surface area contributed by atoms with Crippen LogP contribution in [0.2, 0.25) is 0 Å². The van der Waals surface area contributed by atoms with Crippen LogP contribution in [0.5, 0.6) is 11.5 Å². The predicted molar refractivity (Wildman–Crippen MR) is 157 cm³/mol. The SMILES string of the molecule is COc1ccc(NC(=O)CN2CCN(c3nc4c(c(=O)n(C)c(=O)n4C)n3Cc3cccc(C)c3)CC2)c(OC)c1. The second-order valence-corrected chi connectivity index (χ2v) is 10.2. The van der Waals surface area contributed by atoms with E-state index < -0.39 is 5.69 Å². The van der Waals surface area contributed by atoms with Crippen LogP contribution in [0, 0.1) is 6.92 Å². The molecule has 216 valence electrons. The smallest absolute Gasteiger partial charge is 0.332 e. The Morgan fingerprint density at radius 2 is 1.73 bits per heavy atom. The average Bonchev–Trinajstić information content (AvgIpc) is 3.34. The molecule has 0 radical (unpaired) electrons. The Morgan fingerprint density at radius 1 is 0.976 bits per heavy atom. The summed E-state index contributed by atoms with van der Waals surface area (Å²) in [7, 11) is 6.24. The molecule has 12 heteroatoms. The van der Waals surface area contributed by atoms with Crippen molar-refractivity contribution in [2.24, 2.45) is 14.1 Å². The number of fused-ring (bicyclic) bond motifs is 1. The first-order chi connectivity index (χ1) is 19.7. The van der Waals surface area contributed by atoms with Crippen LogP contribution < -0.4 is 30.9 Å². The van der Waals surface area contributed by atoms with Crippen molar-refractivity contribution >= 4 is 28.7 Å². The largest absolute Gasteiger partial charge is 0.497 e. The monoisotopic (exact) mass is 561 g/mol. The van der Waals surface area contributed by atoms with E-state index in [1.165, 1.54) is 11.6 Å². The zero-order chi connectivity index (χ0) is 29.3. The van der Waals surface area contributed by atoms with Gasteiger partial charge in [0.25, 0.3) is 5.56 Å². The third-order valence-corrected chi connectivity index (χ3v) is 7.46. The number of carbonyl (C=O) groups excluding carboxylic acids is 1. The Morgan fingerprint density at radius 3 is 2.41 bits per heavy atom. The third kappa shape index (κ3) is 5.55. The summed E-state index contributed by atoms with van der Waals surface area (Å²) in [4.78, 5) is 47.8. The molecule has 0 atom stereocenters. The minimum absolute atomic E-state index is 0.146. The van der Waals surface area contributed by atoms with Gasteiger partial charge in [-0.2, -0.15) is 4.98 Å². The molecule has 1 aliphatic heterocycles. The van der Waals surface area contributed by atoms with Crippen molar-refractivity contribution in [3.05, 3.63) is 74.4 Å². The van der Waals surface area contributed by atoms with Crippen molar-refractivity contribution in [1.82, 2.24) is 23.6 Å². The fraction of sp³-hybridized carbons (Fsp3) is 0.379. The number of aryl methyl sites for hydroxylation is 2. The van der Waals surface area contributed by atoms with Crippen molar-refractivity contribution in [3.8, 4) is 11.5 Å². The number of nitrogens with zero attached hydrogens (tertiary/aromatic N) is 6. The highest BCUT2D eigenvalue weighted by Crippen LogP contribution is 2.29. The van der Waals surface area contributed by atoms with Gasteiger partial charge in [0, 0.05) is 46.3 Å². The molecule has 1 saturated heterocycles. The highest BCUT2D eigenvalue weighted by Gasteiger charge is 2.26. The lowest BCUT2D eigenvalue weighted by atomic mass is 10.1. The second kappa shape index (κ2) is 11.5. The zero-order valence-electron chi connectivity index (χ0n) is 24.0. The van der Waals surface area contributed by atoms with E-state index in [0.717, 1.165) is 15.7 Å². The number of benzene rings is 2.